The van der Waals surface area contributed by atoms with Gasteiger partial charge in [0.15, 0.2) is 0 Å². The molecule has 0 saturated heterocycles. The predicted octanol–water partition coefficient (Wildman–Crippen LogP) is 6.83. The van der Waals surface area contributed by atoms with Crippen LogP contribution in [0.25, 0.3) is 6.08 Å². The first-order valence-electron chi connectivity index (χ1n) is 9.98. The molecule has 3 aliphatic rings. The number of fused-ring (bicyclic) bond motifs is 5. The van der Waals surface area contributed by atoms with Gasteiger partial charge in [-0.05, 0) is 89.9 Å². The van der Waals surface area contributed by atoms with Crippen molar-refractivity contribution in [2.75, 3.05) is 0 Å². The molecule has 0 heteroatoms. The van der Waals surface area contributed by atoms with E-state index in [1.165, 1.54) is 48.8 Å². The summed E-state index contributed by atoms with van der Waals surface area (Å²) >= 11 is 0. The van der Waals surface area contributed by atoms with E-state index in [1.807, 2.05) is 0 Å². The van der Waals surface area contributed by atoms with E-state index in [4.69, 9.17) is 0 Å². The lowest BCUT2D eigenvalue weighted by Crippen LogP contribution is -2.56. The summed E-state index contributed by atoms with van der Waals surface area (Å²) in [7, 11) is 0. The van der Waals surface area contributed by atoms with Gasteiger partial charge in [-0.3, -0.25) is 0 Å². The van der Waals surface area contributed by atoms with Gasteiger partial charge in [-0.25, -0.2) is 0 Å². The van der Waals surface area contributed by atoms with Crippen molar-refractivity contribution in [2.45, 2.75) is 79.1 Å². The predicted molar refractivity (Wildman–Crippen MR) is 104 cm³/mol. The Morgan fingerprint density at radius 3 is 2.38 bits per heavy atom. The van der Waals surface area contributed by atoms with E-state index in [0.29, 0.717) is 22.2 Å². The average molecular weight is 323 g/mol. The molecule has 0 aromatic heterocycles. The number of rotatable bonds is 0. The molecule has 0 heterocycles. The number of benzene rings is 1. The van der Waals surface area contributed by atoms with Gasteiger partial charge in [-0.2, -0.15) is 0 Å². The molecule has 4 atom stereocenters. The van der Waals surface area contributed by atoms with E-state index in [-0.39, 0.29) is 0 Å². The van der Waals surface area contributed by atoms with Crippen molar-refractivity contribution in [1.29, 1.82) is 0 Å². The van der Waals surface area contributed by atoms with Crippen LogP contribution < -0.4 is 0 Å². The van der Waals surface area contributed by atoms with Crippen LogP contribution in [-0.4, -0.2) is 0 Å². The molecule has 2 saturated carbocycles. The topological polar surface area (TPSA) is 0 Å². The van der Waals surface area contributed by atoms with Crippen LogP contribution in [0.2, 0.25) is 0 Å². The minimum absolute atomic E-state index is 0.321. The van der Waals surface area contributed by atoms with Gasteiger partial charge in [0.05, 0.1) is 0 Å². The zero-order valence-corrected chi connectivity index (χ0v) is 16.5. The summed E-state index contributed by atoms with van der Waals surface area (Å²) in [4.78, 5) is 0. The van der Waals surface area contributed by atoms with Crippen molar-refractivity contribution in [3.05, 3.63) is 40.5 Å². The van der Waals surface area contributed by atoms with Crippen LogP contribution in [0.5, 0.6) is 0 Å². The second-order valence-electron chi connectivity index (χ2n) is 10.2. The molecule has 0 radical (unpaired) electrons. The molecule has 2 fully saturated rings. The highest BCUT2D eigenvalue weighted by Crippen LogP contribution is 2.66. The Bertz CT molecular complexity index is 707. The smallest absolute Gasteiger partial charge is 0.0000995 e. The molecule has 0 amide bonds. The lowest BCUT2D eigenvalue weighted by molar-refractivity contribution is -0.0876. The van der Waals surface area contributed by atoms with Crippen molar-refractivity contribution >= 4 is 6.08 Å². The lowest BCUT2D eigenvalue weighted by Gasteiger charge is -2.63. The fraction of sp³-hybridized carbons (Fsp3) is 0.667. The molecular weight excluding hydrogens is 288 g/mol. The van der Waals surface area contributed by atoms with Gasteiger partial charge < -0.3 is 0 Å². The highest BCUT2D eigenvalue weighted by molar-refractivity contribution is 5.63. The van der Waals surface area contributed by atoms with E-state index in [9.17, 15) is 0 Å². The van der Waals surface area contributed by atoms with Gasteiger partial charge in [0.25, 0.3) is 0 Å². The van der Waals surface area contributed by atoms with E-state index in [0.717, 1.165) is 5.92 Å². The third-order valence-electron chi connectivity index (χ3n) is 8.37. The molecule has 4 rings (SSSR count). The zero-order valence-electron chi connectivity index (χ0n) is 16.5. The molecule has 0 N–H and O–H groups in total. The quantitative estimate of drug-likeness (QED) is 0.491. The standard InChI is InChI=1S/C24H34/c1-16-14-18-8-9-21-23(5,19(18)15-17(16)2)13-10-20-22(3,4)11-7-12-24(20,21)6/h8-9,14-15,20-21H,7,10-13H2,1-6H3/t20?,21-,23-,24-/m0/s1. The summed E-state index contributed by atoms with van der Waals surface area (Å²) in [5.41, 5.74) is 7.28. The molecule has 0 spiro atoms. The third kappa shape index (κ3) is 2.04. The monoisotopic (exact) mass is 322 g/mol. The molecule has 1 aromatic carbocycles. The fourth-order valence-electron chi connectivity index (χ4n) is 6.99. The first kappa shape index (κ1) is 16.4. The summed E-state index contributed by atoms with van der Waals surface area (Å²) in [6.45, 7) is 14.8. The maximum atomic E-state index is 2.62. The van der Waals surface area contributed by atoms with Gasteiger partial charge in [0.2, 0.25) is 0 Å². The van der Waals surface area contributed by atoms with Crippen molar-refractivity contribution in [3.8, 4) is 0 Å². The molecule has 0 bridgehead atoms. The number of hydrogen-bond donors (Lipinski definition) is 0. The van der Waals surface area contributed by atoms with Crippen molar-refractivity contribution in [1.82, 2.24) is 0 Å². The van der Waals surface area contributed by atoms with Crippen LogP contribution in [0.3, 0.4) is 0 Å². The Morgan fingerprint density at radius 1 is 0.917 bits per heavy atom. The molecule has 3 aliphatic carbocycles. The Morgan fingerprint density at radius 2 is 1.62 bits per heavy atom. The maximum absolute atomic E-state index is 2.62. The average Bonchev–Trinajstić information content (AvgIpc) is 2.48. The first-order chi connectivity index (χ1) is 11.2. The van der Waals surface area contributed by atoms with Gasteiger partial charge >= 0.3 is 0 Å². The highest BCUT2D eigenvalue weighted by atomic mass is 14.6. The molecule has 130 valence electrons. The van der Waals surface area contributed by atoms with Crippen LogP contribution in [0.1, 0.15) is 82.1 Å². The summed E-state index contributed by atoms with van der Waals surface area (Å²) < 4.78 is 0. The summed E-state index contributed by atoms with van der Waals surface area (Å²) in [6, 6.07) is 4.93. The Kier molecular flexibility index (Phi) is 3.42. The number of allylic oxidation sites excluding steroid dienone is 1. The molecule has 0 nitrogen and oxygen atoms in total. The van der Waals surface area contributed by atoms with Crippen molar-refractivity contribution in [2.24, 2.45) is 22.7 Å². The fourth-order valence-corrected chi connectivity index (χ4v) is 6.99. The van der Waals surface area contributed by atoms with Crippen LogP contribution in [0.4, 0.5) is 0 Å². The van der Waals surface area contributed by atoms with Crippen molar-refractivity contribution in [3.63, 3.8) is 0 Å². The minimum atomic E-state index is 0.321. The van der Waals surface area contributed by atoms with Gasteiger partial charge in [0, 0.05) is 0 Å². The molecule has 1 aromatic rings. The maximum Gasteiger partial charge on any atom is -0.0000995 e. The largest absolute Gasteiger partial charge is 0.0794 e. The van der Waals surface area contributed by atoms with E-state index in [2.05, 4.69) is 65.8 Å². The summed E-state index contributed by atoms with van der Waals surface area (Å²) in [5.74, 6) is 1.56. The van der Waals surface area contributed by atoms with Crippen molar-refractivity contribution < 1.29 is 0 Å². The summed E-state index contributed by atoms with van der Waals surface area (Å²) in [5, 5.41) is 0. The van der Waals surface area contributed by atoms with E-state index < -0.39 is 0 Å². The Hall–Kier alpha value is -1.04. The Balaban J connectivity index is 1.85. The van der Waals surface area contributed by atoms with Gasteiger partial charge in [0.1, 0.15) is 0 Å². The highest BCUT2D eigenvalue weighted by Gasteiger charge is 2.58. The van der Waals surface area contributed by atoms with E-state index in [1.54, 1.807) is 5.56 Å². The van der Waals surface area contributed by atoms with Crippen LogP contribution in [0, 0.1) is 36.5 Å². The zero-order chi connectivity index (χ0) is 17.3. The number of aryl methyl sites for hydroxylation is 2. The van der Waals surface area contributed by atoms with Crippen LogP contribution in [0.15, 0.2) is 18.2 Å². The minimum Gasteiger partial charge on any atom is -0.0794 e. The first-order valence-corrected chi connectivity index (χ1v) is 9.98. The van der Waals surface area contributed by atoms with Gasteiger partial charge in [-0.15, -0.1) is 0 Å². The molecule has 1 unspecified atom stereocenters. The lowest BCUT2D eigenvalue weighted by atomic mass is 9.41. The SMILES string of the molecule is Cc1cc2c(cc1C)[C@]1(C)CCC3C(C)(C)CCC[C@]3(C)[C@H]1C=C2. The van der Waals surface area contributed by atoms with Crippen LogP contribution >= 0.6 is 0 Å². The number of hydrogen-bond acceptors (Lipinski definition) is 0. The normalized spacial score (nSPS) is 39.8. The molecular formula is C24H34. The summed E-state index contributed by atoms with van der Waals surface area (Å²) in [6.07, 6.45) is 12.0. The second kappa shape index (κ2) is 4.99. The Labute approximate surface area is 148 Å². The van der Waals surface area contributed by atoms with Crippen LogP contribution in [-0.2, 0) is 5.41 Å². The van der Waals surface area contributed by atoms with Gasteiger partial charge in [-0.1, -0.05) is 58.4 Å². The second-order valence-corrected chi connectivity index (χ2v) is 10.2. The molecule has 0 aliphatic heterocycles. The third-order valence-corrected chi connectivity index (χ3v) is 8.37. The molecule has 24 heavy (non-hydrogen) atoms. The van der Waals surface area contributed by atoms with E-state index >= 15 is 0 Å².